The lowest BCUT2D eigenvalue weighted by Crippen LogP contribution is -2.46. The second-order valence-corrected chi connectivity index (χ2v) is 7.91. The molecule has 1 aliphatic heterocycles. The Morgan fingerprint density at radius 2 is 2.11 bits per heavy atom. The van der Waals surface area contributed by atoms with Gasteiger partial charge >= 0.3 is 11.8 Å². The average molecular weight is 374 g/mol. The highest BCUT2D eigenvalue weighted by Crippen LogP contribution is 2.26. The van der Waals surface area contributed by atoms with E-state index in [9.17, 15) is 14.7 Å². The summed E-state index contributed by atoms with van der Waals surface area (Å²) in [5.74, 6) is -0.538. The number of benzene rings is 1. The molecule has 6 heteroatoms. The third kappa shape index (κ3) is 5.78. The van der Waals surface area contributed by atoms with Crippen LogP contribution in [0.15, 0.2) is 24.3 Å². The number of nitrogens with zero attached hydrogens (tertiary/aromatic N) is 1. The van der Waals surface area contributed by atoms with Gasteiger partial charge in [0.2, 0.25) is 0 Å². The van der Waals surface area contributed by atoms with Crippen LogP contribution in [0.4, 0.5) is 5.69 Å². The third-order valence-electron chi connectivity index (χ3n) is 5.44. The van der Waals surface area contributed by atoms with Crippen molar-refractivity contribution in [2.24, 2.45) is 5.92 Å². The largest absolute Gasteiger partial charge is 0.391 e. The molecule has 0 radical (unpaired) electrons. The van der Waals surface area contributed by atoms with Crippen LogP contribution < -0.4 is 5.32 Å². The van der Waals surface area contributed by atoms with E-state index >= 15 is 0 Å². The number of piperidine rings is 1. The van der Waals surface area contributed by atoms with Gasteiger partial charge in [-0.25, -0.2) is 0 Å². The van der Waals surface area contributed by atoms with E-state index in [1.807, 2.05) is 18.2 Å². The SMILES string of the molecule is C[C@@H]1CCC[C@H](OCc2cccc(NC(=O)C(=O)N3CCC[C@@H](O)C3)c2)C1. The van der Waals surface area contributed by atoms with Gasteiger partial charge in [-0.3, -0.25) is 9.59 Å². The lowest BCUT2D eigenvalue weighted by molar-refractivity contribution is -0.145. The molecule has 1 aliphatic carbocycles. The fourth-order valence-corrected chi connectivity index (χ4v) is 3.95. The smallest absolute Gasteiger partial charge is 0.313 e. The number of hydrogen-bond acceptors (Lipinski definition) is 4. The number of anilines is 1. The minimum absolute atomic E-state index is 0.222. The summed E-state index contributed by atoms with van der Waals surface area (Å²) in [6, 6.07) is 7.43. The molecule has 1 saturated carbocycles. The minimum atomic E-state index is -0.664. The van der Waals surface area contributed by atoms with Crippen molar-refractivity contribution in [2.45, 2.75) is 64.3 Å². The number of aliphatic hydroxyl groups is 1. The highest BCUT2D eigenvalue weighted by Gasteiger charge is 2.27. The molecule has 148 valence electrons. The third-order valence-corrected chi connectivity index (χ3v) is 5.44. The Kier molecular flexibility index (Phi) is 6.85. The van der Waals surface area contributed by atoms with Crippen molar-refractivity contribution in [3.63, 3.8) is 0 Å². The van der Waals surface area contributed by atoms with E-state index in [0.717, 1.165) is 18.4 Å². The van der Waals surface area contributed by atoms with Crippen molar-refractivity contribution in [3.8, 4) is 0 Å². The molecule has 2 amide bonds. The molecule has 6 nitrogen and oxygen atoms in total. The van der Waals surface area contributed by atoms with Crippen LogP contribution in [0.25, 0.3) is 0 Å². The van der Waals surface area contributed by atoms with Crippen LogP contribution in [-0.2, 0) is 20.9 Å². The lowest BCUT2D eigenvalue weighted by Gasteiger charge is -2.29. The molecular weight excluding hydrogens is 344 g/mol. The van der Waals surface area contributed by atoms with Crippen LogP contribution in [0.2, 0.25) is 0 Å². The summed E-state index contributed by atoms with van der Waals surface area (Å²) in [4.78, 5) is 25.9. The van der Waals surface area contributed by atoms with Gasteiger partial charge in [0.05, 0.1) is 18.8 Å². The molecule has 3 rings (SSSR count). The van der Waals surface area contributed by atoms with Crippen LogP contribution in [0.5, 0.6) is 0 Å². The average Bonchev–Trinajstić information content (AvgIpc) is 2.66. The Hall–Kier alpha value is -1.92. The van der Waals surface area contributed by atoms with Gasteiger partial charge in [0, 0.05) is 18.8 Å². The Morgan fingerprint density at radius 1 is 1.26 bits per heavy atom. The first-order valence-corrected chi connectivity index (χ1v) is 10.00. The van der Waals surface area contributed by atoms with E-state index in [1.165, 1.54) is 17.7 Å². The molecule has 0 unspecified atom stereocenters. The molecule has 0 spiro atoms. The first kappa shape index (κ1) is 19.8. The van der Waals surface area contributed by atoms with Gasteiger partial charge in [-0.05, 0) is 49.3 Å². The number of carbonyl (C=O) groups is 2. The molecule has 3 atom stereocenters. The van der Waals surface area contributed by atoms with Crippen LogP contribution in [-0.4, -0.2) is 47.1 Å². The summed E-state index contributed by atoms with van der Waals surface area (Å²) in [6.45, 7) is 3.51. The summed E-state index contributed by atoms with van der Waals surface area (Å²) in [5.41, 5.74) is 1.57. The van der Waals surface area contributed by atoms with Gasteiger partial charge in [0.1, 0.15) is 0 Å². The van der Waals surface area contributed by atoms with Gasteiger partial charge in [-0.15, -0.1) is 0 Å². The van der Waals surface area contributed by atoms with Gasteiger partial charge in [-0.1, -0.05) is 31.9 Å². The van der Waals surface area contributed by atoms with E-state index in [1.54, 1.807) is 6.07 Å². The number of aliphatic hydroxyl groups excluding tert-OH is 1. The second kappa shape index (κ2) is 9.33. The number of amides is 2. The maximum Gasteiger partial charge on any atom is 0.313 e. The molecular formula is C21H30N2O4. The summed E-state index contributed by atoms with van der Waals surface area (Å²) in [6.07, 6.45) is 5.86. The topological polar surface area (TPSA) is 78.9 Å². The number of β-amino-alcohol motifs (C(OH)–C–C–N with tert-alkyl or cyclic N) is 1. The molecule has 2 N–H and O–H groups in total. The van der Waals surface area contributed by atoms with Crippen molar-refractivity contribution in [2.75, 3.05) is 18.4 Å². The predicted octanol–water partition coefficient (Wildman–Crippen LogP) is 2.70. The molecule has 1 saturated heterocycles. The van der Waals surface area contributed by atoms with Crippen LogP contribution in [0.1, 0.15) is 51.0 Å². The number of likely N-dealkylation sites (tertiary alicyclic amines) is 1. The molecule has 1 aromatic rings. The Morgan fingerprint density at radius 3 is 2.89 bits per heavy atom. The fraction of sp³-hybridized carbons (Fsp3) is 0.619. The van der Waals surface area contributed by atoms with Gasteiger partial charge in [0.25, 0.3) is 0 Å². The van der Waals surface area contributed by atoms with Gasteiger partial charge < -0.3 is 20.1 Å². The summed E-state index contributed by atoms with van der Waals surface area (Å²) >= 11 is 0. The van der Waals surface area contributed by atoms with E-state index in [-0.39, 0.29) is 6.54 Å². The minimum Gasteiger partial charge on any atom is -0.391 e. The zero-order valence-electron chi connectivity index (χ0n) is 16.0. The van der Waals surface area contributed by atoms with Gasteiger partial charge in [0.15, 0.2) is 0 Å². The van der Waals surface area contributed by atoms with Crippen molar-refractivity contribution in [1.29, 1.82) is 0 Å². The summed E-state index contributed by atoms with van der Waals surface area (Å²) in [5, 5.41) is 12.4. The normalized spacial score (nSPS) is 25.9. The molecule has 0 bridgehead atoms. The van der Waals surface area contributed by atoms with Crippen LogP contribution in [0, 0.1) is 5.92 Å². The van der Waals surface area contributed by atoms with Crippen molar-refractivity contribution in [1.82, 2.24) is 4.90 Å². The fourth-order valence-electron chi connectivity index (χ4n) is 3.95. The van der Waals surface area contributed by atoms with E-state index in [0.29, 0.717) is 43.7 Å². The van der Waals surface area contributed by atoms with Gasteiger partial charge in [-0.2, -0.15) is 0 Å². The van der Waals surface area contributed by atoms with Crippen LogP contribution in [0.3, 0.4) is 0 Å². The summed E-state index contributed by atoms with van der Waals surface area (Å²) < 4.78 is 6.04. The molecule has 2 fully saturated rings. The standard InChI is InChI=1S/C21H30N2O4/c1-15-5-2-9-19(11-15)27-14-16-6-3-7-17(12-16)22-20(25)21(26)23-10-4-8-18(24)13-23/h3,6-7,12,15,18-19,24H,2,4-5,8-11,13-14H2,1H3,(H,22,25)/t15-,18-,19+/m1/s1. The zero-order chi connectivity index (χ0) is 19.2. The first-order chi connectivity index (χ1) is 13.0. The monoisotopic (exact) mass is 374 g/mol. The Bertz CT molecular complexity index is 663. The quantitative estimate of drug-likeness (QED) is 0.794. The zero-order valence-corrected chi connectivity index (χ0v) is 16.0. The molecule has 0 aromatic heterocycles. The number of rotatable bonds is 4. The molecule has 1 aromatic carbocycles. The Labute approximate surface area is 160 Å². The number of carbonyl (C=O) groups excluding carboxylic acids is 2. The van der Waals surface area contributed by atoms with Crippen molar-refractivity contribution >= 4 is 17.5 Å². The highest BCUT2D eigenvalue weighted by molar-refractivity contribution is 6.39. The maximum atomic E-state index is 12.3. The first-order valence-electron chi connectivity index (χ1n) is 10.00. The van der Waals surface area contributed by atoms with E-state index in [2.05, 4.69) is 12.2 Å². The lowest BCUT2D eigenvalue weighted by atomic mass is 9.89. The molecule has 2 aliphatic rings. The van der Waals surface area contributed by atoms with Crippen molar-refractivity contribution in [3.05, 3.63) is 29.8 Å². The number of hydrogen-bond donors (Lipinski definition) is 2. The Balaban J connectivity index is 1.52. The van der Waals surface area contributed by atoms with Crippen LogP contribution >= 0.6 is 0 Å². The predicted molar refractivity (Wildman–Crippen MR) is 103 cm³/mol. The number of nitrogens with one attached hydrogen (secondary N) is 1. The number of ether oxygens (including phenoxy) is 1. The van der Waals surface area contributed by atoms with Crippen molar-refractivity contribution < 1.29 is 19.4 Å². The second-order valence-electron chi connectivity index (χ2n) is 7.91. The summed E-state index contributed by atoms with van der Waals surface area (Å²) in [7, 11) is 0. The molecule has 27 heavy (non-hydrogen) atoms. The molecule has 1 heterocycles. The maximum absolute atomic E-state index is 12.3. The van der Waals surface area contributed by atoms with E-state index in [4.69, 9.17) is 4.74 Å². The highest BCUT2D eigenvalue weighted by atomic mass is 16.5. The van der Waals surface area contributed by atoms with E-state index < -0.39 is 17.9 Å².